The van der Waals surface area contributed by atoms with Gasteiger partial charge in [0.15, 0.2) is 0 Å². The average molecular weight is 282 g/mol. The molecule has 108 valence electrons. The summed E-state index contributed by atoms with van der Waals surface area (Å²) in [5.41, 5.74) is 2.42. The molecule has 2 aromatic carbocycles. The fourth-order valence-electron chi connectivity index (χ4n) is 1.96. The van der Waals surface area contributed by atoms with E-state index in [2.05, 4.69) is 29.6 Å². The van der Waals surface area contributed by atoms with Crippen molar-refractivity contribution in [3.63, 3.8) is 0 Å². The van der Waals surface area contributed by atoms with Gasteiger partial charge in [0, 0.05) is 18.7 Å². The highest BCUT2D eigenvalue weighted by atomic mass is 16.6. The Morgan fingerprint density at radius 2 is 1.76 bits per heavy atom. The van der Waals surface area contributed by atoms with Gasteiger partial charge >= 0.3 is 0 Å². The van der Waals surface area contributed by atoms with Crippen molar-refractivity contribution in [1.82, 2.24) is 5.32 Å². The maximum absolute atomic E-state index is 10.5. The highest BCUT2D eigenvalue weighted by Gasteiger charge is 2.03. The minimum atomic E-state index is -0.379. The van der Waals surface area contributed by atoms with E-state index in [1.807, 2.05) is 18.2 Å². The lowest BCUT2D eigenvalue weighted by Gasteiger charge is -2.02. The SMILES string of the molecule is O=[N+]([O-])c1ccc(CCNCC=Cc2ccccc2)cc1. The number of non-ortho nitro benzene ring substituents is 1. The summed E-state index contributed by atoms with van der Waals surface area (Å²) in [6, 6.07) is 16.9. The molecule has 0 fully saturated rings. The highest BCUT2D eigenvalue weighted by molar-refractivity contribution is 5.48. The van der Waals surface area contributed by atoms with Crippen LogP contribution < -0.4 is 5.32 Å². The fraction of sp³-hybridized carbons (Fsp3) is 0.176. The zero-order chi connectivity index (χ0) is 14.9. The van der Waals surface area contributed by atoms with Crippen LogP contribution in [0.25, 0.3) is 6.08 Å². The number of hydrogen-bond donors (Lipinski definition) is 1. The zero-order valence-electron chi connectivity index (χ0n) is 11.7. The average Bonchev–Trinajstić information content (AvgIpc) is 2.52. The molecule has 0 spiro atoms. The Labute approximate surface area is 124 Å². The molecule has 2 rings (SSSR count). The summed E-state index contributed by atoms with van der Waals surface area (Å²) in [4.78, 5) is 10.2. The number of nitrogens with zero attached hydrogens (tertiary/aromatic N) is 1. The van der Waals surface area contributed by atoms with Gasteiger partial charge in [0.2, 0.25) is 0 Å². The van der Waals surface area contributed by atoms with Crippen LogP contribution in [0, 0.1) is 10.1 Å². The van der Waals surface area contributed by atoms with Gasteiger partial charge < -0.3 is 5.32 Å². The molecule has 0 atom stereocenters. The van der Waals surface area contributed by atoms with Crippen molar-refractivity contribution in [2.24, 2.45) is 0 Å². The first-order valence-electron chi connectivity index (χ1n) is 6.91. The molecule has 1 N–H and O–H groups in total. The summed E-state index contributed by atoms with van der Waals surface area (Å²) < 4.78 is 0. The van der Waals surface area contributed by atoms with E-state index >= 15 is 0 Å². The number of benzene rings is 2. The van der Waals surface area contributed by atoms with Crippen LogP contribution in [0.2, 0.25) is 0 Å². The van der Waals surface area contributed by atoms with Gasteiger partial charge in [-0.25, -0.2) is 0 Å². The van der Waals surface area contributed by atoms with E-state index in [-0.39, 0.29) is 10.6 Å². The van der Waals surface area contributed by atoms with Gasteiger partial charge in [-0.3, -0.25) is 10.1 Å². The lowest BCUT2D eigenvalue weighted by atomic mass is 10.1. The smallest absolute Gasteiger partial charge is 0.269 e. The molecule has 0 amide bonds. The molecule has 4 heteroatoms. The molecule has 0 saturated carbocycles. The second kappa shape index (κ2) is 7.97. The van der Waals surface area contributed by atoms with E-state index in [4.69, 9.17) is 0 Å². The summed E-state index contributed by atoms with van der Waals surface area (Å²) in [6.45, 7) is 1.65. The molecule has 0 aromatic heterocycles. The molecule has 4 nitrogen and oxygen atoms in total. The first kappa shape index (κ1) is 14.9. The molecule has 0 unspecified atom stereocenters. The molecule has 0 saturated heterocycles. The molecule has 0 aliphatic carbocycles. The van der Waals surface area contributed by atoms with Crippen LogP contribution in [-0.4, -0.2) is 18.0 Å². The number of hydrogen-bond acceptors (Lipinski definition) is 3. The Balaban J connectivity index is 1.68. The van der Waals surface area contributed by atoms with Crippen LogP contribution >= 0.6 is 0 Å². The molecule has 0 radical (unpaired) electrons. The maximum atomic E-state index is 10.5. The molecule has 21 heavy (non-hydrogen) atoms. The van der Waals surface area contributed by atoms with Gasteiger partial charge in [-0.1, -0.05) is 54.6 Å². The van der Waals surface area contributed by atoms with E-state index < -0.39 is 0 Å². The Morgan fingerprint density at radius 1 is 1.05 bits per heavy atom. The first-order chi connectivity index (χ1) is 10.3. The van der Waals surface area contributed by atoms with E-state index in [1.54, 1.807) is 24.3 Å². The van der Waals surface area contributed by atoms with Crippen molar-refractivity contribution in [2.75, 3.05) is 13.1 Å². The normalized spacial score (nSPS) is 10.9. The van der Waals surface area contributed by atoms with Crippen LogP contribution in [0.3, 0.4) is 0 Å². The van der Waals surface area contributed by atoms with E-state index in [0.29, 0.717) is 0 Å². The topological polar surface area (TPSA) is 55.2 Å². The van der Waals surface area contributed by atoms with Gasteiger partial charge in [0.1, 0.15) is 0 Å². The minimum absolute atomic E-state index is 0.137. The molecule has 0 aliphatic rings. The second-order valence-corrected chi connectivity index (χ2v) is 4.69. The maximum Gasteiger partial charge on any atom is 0.269 e. The van der Waals surface area contributed by atoms with Crippen molar-refractivity contribution in [1.29, 1.82) is 0 Å². The number of nitro groups is 1. The third kappa shape index (κ3) is 5.20. The fourth-order valence-corrected chi connectivity index (χ4v) is 1.96. The van der Waals surface area contributed by atoms with Crippen molar-refractivity contribution < 1.29 is 4.92 Å². The van der Waals surface area contributed by atoms with Crippen LogP contribution in [0.15, 0.2) is 60.7 Å². The van der Waals surface area contributed by atoms with Crippen molar-refractivity contribution in [2.45, 2.75) is 6.42 Å². The quantitative estimate of drug-likeness (QED) is 0.481. The van der Waals surface area contributed by atoms with E-state index in [9.17, 15) is 10.1 Å². The van der Waals surface area contributed by atoms with Gasteiger partial charge in [-0.15, -0.1) is 0 Å². The summed E-state index contributed by atoms with van der Waals surface area (Å²) in [5, 5.41) is 13.9. The molecular formula is C17H18N2O2. The first-order valence-corrected chi connectivity index (χ1v) is 6.91. The zero-order valence-corrected chi connectivity index (χ0v) is 11.7. The summed E-state index contributed by atoms with van der Waals surface area (Å²) >= 11 is 0. The van der Waals surface area contributed by atoms with Crippen molar-refractivity contribution >= 4 is 11.8 Å². The number of nitrogens with one attached hydrogen (secondary N) is 1. The summed E-state index contributed by atoms with van der Waals surface area (Å²) in [7, 11) is 0. The summed E-state index contributed by atoms with van der Waals surface area (Å²) in [5.74, 6) is 0. The Kier molecular flexibility index (Phi) is 5.67. The minimum Gasteiger partial charge on any atom is -0.313 e. The van der Waals surface area contributed by atoms with Crippen LogP contribution in [-0.2, 0) is 6.42 Å². The van der Waals surface area contributed by atoms with E-state index in [0.717, 1.165) is 25.1 Å². The van der Waals surface area contributed by atoms with Gasteiger partial charge in [0.25, 0.3) is 5.69 Å². The van der Waals surface area contributed by atoms with Crippen LogP contribution in [0.1, 0.15) is 11.1 Å². The molecule has 0 bridgehead atoms. The largest absolute Gasteiger partial charge is 0.313 e. The third-order valence-corrected chi connectivity index (χ3v) is 3.11. The van der Waals surface area contributed by atoms with Gasteiger partial charge in [0.05, 0.1) is 4.92 Å². The third-order valence-electron chi connectivity index (χ3n) is 3.11. The van der Waals surface area contributed by atoms with Gasteiger partial charge in [-0.05, 0) is 24.1 Å². The Hall–Kier alpha value is -2.46. The van der Waals surface area contributed by atoms with Crippen LogP contribution in [0.4, 0.5) is 5.69 Å². The monoisotopic (exact) mass is 282 g/mol. The summed E-state index contributed by atoms with van der Waals surface area (Å²) in [6.07, 6.45) is 5.03. The standard InChI is InChI=1S/C17H18N2O2/c20-19(21)17-10-8-16(9-11-17)12-14-18-13-4-7-15-5-2-1-3-6-15/h1-11,18H,12-14H2. The predicted octanol–water partition coefficient (Wildman–Crippen LogP) is 3.44. The Bertz CT molecular complexity index is 592. The van der Waals surface area contributed by atoms with Crippen LogP contribution in [0.5, 0.6) is 0 Å². The van der Waals surface area contributed by atoms with Gasteiger partial charge in [-0.2, -0.15) is 0 Å². The lowest BCUT2D eigenvalue weighted by Crippen LogP contribution is -2.16. The molecule has 2 aromatic rings. The number of rotatable bonds is 7. The highest BCUT2D eigenvalue weighted by Crippen LogP contribution is 2.11. The second-order valence-electron chi connectivity index (χ2n) is 4.69. The van der Waals surface area contributed by atoms with Crippen molar-refractivity contribution in [3.05, 3.63) is 81.9 Å². The van der Waals surface area contributed by atoms with E-state index in [1.165, 1.54) is 5.56 Å². The molecule has 0 heterocycles. The number of nitro benzene ring substituents is 1. The predicted molar refractivity (Wildman–Crippen MR) is 85.1 cm³/mol. The van der Waals surface area contributed by atoms with Crippen molar-refractivity contribution in [3.8, 4) is 0 Å². The molecule has 0 aliphatic heterocycles. The Morgan fingerprint density at radius 3 is 2.43 bits per heavy atom. The molecular weight excluding hydrogens is 264 g/mol. The lowest BCUT2D eigenvalue weighted by molar-refractivity contribution is -0.384.